The molecule has 2 aromatic heterocycles. The van der Waals surface area contributed by atoms with Gasteiger partial charge in [-0.15, -0.1) is 0 Å². The van der Waals surface area contributed by atoms with E-state index in [9.17, 15) is 10.2 Å². The lowest BCUT2D eigenvalue weighted by atomic mass is 10.2. The van der Waals surface area contributed by atoms with Crippen molar-refractivity contribution in [2.24, 2.45) is 0 Å². The van der Waals surface area contributed by atoms with Crippen LogP contribution in [0.15, 0.2) is 24.7 Å². The van der Waals surface area contributed by atoms with Crippen molar-refractivity contribution in [3.8, 4) is 0 Å². The summed E-state index contributed by atoms with van der Waals surface area (Å²) in [6.07, 6.45) is 4.33. The van der Waals surface area contributed by atoms with E-state index in [1.165, 1.54) is 17.1 Å². The third-order valence-electron chi connectivity index (χ3n) is 2.91. The molecule has 0 spiro atoms. The van der Waals surface area contributed by atoms with Crippen LogP contribution in [-0.4, -0.2) is 42.2 Å². The summed E-state index contributed by atoms with van der Waals surface area (Å²) in [7, 11) is 0. The number of aliphatic hydroxyl groups is 2. The highest BCUT2D eigenvalue weighted by atomic mass is 16.3. The molecule has 0 unspecified atom stereocenters. The van der Waals surface area contributed by atoms with Gasteiger partial charge in [0.05, 0.1) is 11.6 Å². The summed E-state index contributed by atoms with van der Waals surface area (Å²) in [5.41, 5.74) is 6.24. The van der Waals surface area contributed by atoms with E-state index in [4.69, 9.17) is 5.73 Å². The molecule has 0 saturated heterocycles. The minimum Gasteiger partial charge on any atom is -0.387 e. The zero-order valence-electron chi connectivity index (χ0n) is 8.80. The van der Waals surface area contributed by atoms with Crippen molar-refractivity contribution in [2.45, 2.75) is 18.2 Å². The van der Waals surface area contributed by atoms with Crippen LogP contribution in [0.25, 0.3) is 11.0 Å². The molecule has 1 aliphatic carbocycles. The fraction of sp³-hybridized carbons (Fsp3) is 0.300. The lowest BCUT2D eigenvalue weighted by Crippen LogP contribution is -2.28. The third kappa shape index (κ3) is 1.40. The third-order valence-corrected chi connectivity index (χ3v) is 2.91. The maximum Gasteiger partial charge on any atom is 0.163 e. The molecular formula is C10H11N5O2. The van der Waals surface area contributed by atoms with Crippen molar-refractivity contribution in [2.75, 3.05) is 5.73 Å². The van der Waals surface area contributed by atoms with Gasteiger partial charge in [-0.2, -0.15) is 5.10 Å². The molecule has 7 nitrogen and oxygen atoms in total. The molecule has 0 aromatic carbocycles. The van der Waals surface area contributed by atoms with Crippen LogP contribution in [0, 0.1) is 0 Å². The Morgan fingerprint density at radius 3 is 2.76 bits per heavy atom. The van der Waals surface area contributed by atoms with E-state index < -0.39 is 18.2 Å². The van der Waals surface area contributed by atoms with Crippen molar-refractivity contribution < 1.29 is 10.2 Å². The van der Waals surface area contributed by atoms with Gasteiger partial charge in [-0.05, 0) is 0 Å². The highest BCUT2D eigenvalue weighted by Gasteiger charge is 2.31. The first-order valence-electron chi connectivity index (χ1n) is 5.16. The number of nitrogens with zero attached hydrogens (tertiary/aromatic N) is 4. The summed E-state index contributed by atoms with van der Waals surface area (Å²) in [5.74, 6) is 0.346. The predicted molar refractivity (Wildman–Crippen MR) is 59.9 cm³/mol. The number of anilines is 1. The number of aliphatic hydroxyl groups excluding tert-OH is 2. The van der Waals surface area contributed by atoms with E-state index in [1.807, 2.05) is 0 Å². The van der Waals surface area contributed by atoms with E-state index >= 15 is 0 Å². The fourth-order valence-electron chi connectivity index (χ4n) is 1.98. The van der Waals surface area contributed by atoms with Gasteiger partial charge in [0.15, 0.2) is 5.65 Å². The number of nitrogens with two attached hydrogens (primary N) is 1. The number of hydrogen-bond acceptors (Lipinski definition) is 6. The Morgan fingerprint density at radius 2 is 2.06 bits per heavy atom. The standard InChI is InChI=1S/C10H11N5O2/c11-9-5-3-14-15(10(5)13-4-12-9)6-1-2-7(16)8(6)17/h1-4,6-8,16-17H,(H2,11,12,13)/t6-,7-,8+/m1/s1. The van der Waals surface area contributed by atoms with E-state index in [0.29, 0.717) is 16.9 Å². The van der Waals surface area contributed by atoms with Gasteiger partial charge < -0.3 is 15.9 Å². The molecule has 1 aliphatic rings. The molecule has 4 N–H and O–H groups in total. The van der Waals surface area contributed by atoms with Crippen molar-refractivity contribution in [3.05, 3.63) is 24.7 Å². The molecule has 17 heavy (non-hydrogen) atoms. The minimum absolute atomic E-state index is 0.346. The molecule has 2 aromatic rings. The number of aromatic nitrogens is 4. The Kier molecular flexibility index (Phi) is 2.10. The zero-order valence-corrected chi connectivity index (χ0v) is 8.80. The van der Waals surface area contributed by atoms with Gasteiger partial charge in [0.25, 0.3) is 0 Å². The van der Waals surface area contributed by atoms with Gasteiger partial charge in [0, 0.05) is 0 Å². The monoisotopic (exact) mass is 233 g/mol. The highest BCUT2D eigenvalue weighted by molar-refractivity contribution is 5.84. The molecule has 0 radical (unpaired) electrons. The molecule has 0 amide bonds. The summed E-state index contributed by atoms with van der Waals surface area (Å²) < 4.78 is 1.53. The summed E-state index contributed by atoms with van der Waals surface area (Å²) in [4.78, 5) is 7.95. The molecular weight excluding hydrogens is 222 g/mol. The van der Waals surface area contributed by atoms with Gasteiger partial charge in [-0.1, -0.05) is 12.2 Å². The van der Waals surface area contributed by atoms with Crippen LogP contribution in [0.2, 0.25) is 0 Å². The van der Waals surface area contributed by atoms with E-state index in [0.717, 1.165) is 0 Å². The minimum atomic E-state index is -0.922. The fourth-order valence-corrected chi connectivity index (χ4v) is 1.98. The van der Waals surface area contributed by atoms with Crippen LogP contribution in [-0.2, 0) is 0 Å². The Labute approximate surface area is 96.2 Å². The quantitative estimate of drug-likeness (QED) is 0.558. The first-order valence-corrected chi connectivity index (χ1v) is 5.16. The molecule has 0 saturated carbocycles. The van der Waals surface area contributed by atoms with Crippen LogP contribution >= 0.6 is 0 Å². The topological polar surface area (TPSA) is 110 Å². The van der Waals surface area contributed by atoms with E-state index in [2.05, 4.69) is 15.1 Å². The summed E-state index contributed by atoms with van der Waals surface area (Å²) in [5, 5.41) is 24.0. The smallest absolute Gasteiger partial charge is 0.163 e. The number of nitrogen functional groups attached to an aromatic ring is 1. The molecule has 3 rings (SSSR count). The average Bonchev–Trinajstić information content (AvgIpc) is 2.86. The second-order valence-electron chi connectivity index (χ2n) is 3.94. The van der Waals surface area contributed by atoms with Crippen LogP contribution in [0.5, 0.6) is 0 Å². The molecule has 3 atom stereocenters. The number of hydrogen-bond donors (Lipinski definition) is 3. The lowest BCUT2D eigenvalue weighted by molar-refractivity contribution is 0.0350. The normalized spacial score (nSPS) is 28.0. The van der Waals surface area contributed by atoms with Gasteiger partial charge in [0.1, 0.15) is 30.4 Å². The summed E-state index contributed by atoms with van der Waals surface area (Å²) in [6.45, 7) is 0. The first-order chi connectivity index (χ1) is 8.18. The van der Waals surface area contributed by atoms with E-state index in [-0.39, 0.29) is 0 Å². The Morgan fingerprint density at radius 1 is 1.24 bits per heavy atom. The van der Waals surface area contributed by atoms with Crippen LogP contribution in [0.4, 0.5) is 5.82 Å². The predicted octanol–water partition coefficient (Wildman–Crippen LogP) is -0.759. The van der Waals surface area contributed by atoms with E-state index in [1.54, 1.807) is 12.3 Å². The molecule has 7 heteroatoms. The van der Waals surface area contributed by atoms with Gasteiger partial charge in [-0.25, -0.2) is 14.6 Å². The van der Waals surface area contributed by atoms with Crippen LogP contribution in [0.3, 0.4) is 0 Å². The van der Waals surface area contributed by atoms with Crippen LogP contribution < -0.4 is 5.73 Å². The van der Waals surface area contributed by atoms with Gasteiger partial charge in [-0.3, -0.25) is 0 Å². The molecule has 0 bridgehead atoms. The average molecular weight is 233 g/mol. The number of fused-ring (bicyclic) bond motifs is 1. The van der Waals surface area contributed by atoms with Gasteiger partial charge >= 0.3 is 0 Å². The summed E-state index contributed by atoms with van der Waals surface area (Å²) in [6, 6.07) is -0.434. The molecule has 88 valence electrons. The Hall–Kier alpha value is -1.99. The second-order valence-corrected chi connectivity index (χ2v) is 3.94. The van der Waals surface area contributed by atoms with Crippen molar-refractivity contribution in [3.63, 3.8) is 0 Å². The molecule has 0 fully saturated rings. The van der Waals surface area contributed by atoms with Crippen molar-refractivity contribution in [1.29, 1.82) is 0 Å². The largest absolute Gasteiger partial charge is 0.387 e. The van der Waals surface area contributed by atoms with Gasteiger partial charge in [0.2, 0.25) is 0 Å². The maximum atomic E-state index is 9.81. The number of rotatable bonds is 1. The van der Waals surface area contributed by atoms with Crippen LogP contribution in [0.1, 0.15) is 6.04 Å². The first kappa shape index (κ1) is 10.2. The molecule has 0 aliphatic heterocycles. The Balaban J connectivity index is 2.13. The molecule has 2 heterocycles. The highest BCUT2D eigenvalue weighted by Crippen LogP contribution is 2.27. The van der Waals surface area contributed by atoms with Crippen molar-refractivity contribution >= 4 is 16.9 Å². The lowest BCUT2D eigenvalue weighted by Gasteiger charge is -2.17. The second kappa shape index (κ2) is 3.51. The zero-order chi connectivity index (χ0) is 12.0. The Bertz CT molecular complexity index is 593. The SMILES string of the molecule is Nc1ncnc2c1cnn2[C@@H]1C=C[C@@H](O)[C@H]1O. The maximum absolute atomic E-state index is 9.81. The summed E-state index contributed by atoms with van der Waals surface area (Å²) >= 11 is 0. The van der Waals surface area contributed by atoms with Crippen molar-refractivity contribution in [1.82, 2.24) is 19.7 Å².